The highest BCUT2D eigenvalue weighted by atomic mass is 35.5. The largest absolute Gasteiger partial charge is 0.481 e. The molecule has 126 valence electrons. The first-order chi connectivity index (χ1) is 11.7. The van der Waals surface area contributed by atoms with E-state index in [-0.39, 0.29) is 12.7 Å². The van der Waals surface area contributed by atoms with Crippen molar-refractivity contribution in [2.75, 3.05) is 6.79 Å². The van der Waals surface area contributed by atoms with Crippen molar-refractivity contribution < 1.29 is 19.0 Å². The highest BCUT2D eigenvalue weighted by Crippen LogP contribution is 2.32. The first-order valence-electron chi connectivity index (χ1n) is 7.74. The summed E-state index contributed by atoms with van der Waals surface area (Å²) in [4.78, 5) is 12.3. The van der Waals surface area contributed by atoms with Gasteiger partial charge in [-0.15, -0.1) is 0 Å². The minimum atomic E-state index is -0.572. The van der Waals surface area contributed by atoms with E-state index in [4.69, 9.17) is 25.8 Å². The maximum atomic E-state index is 12.3. The van der Waals surface area contributed by atoms with Gasteiger partial charge in [0.25, 0.3) is 5.91 Å². The Kier molecular flexibility index (Phi) is 5.11. The number of amides is 1. The van der Waals surface area contributed by atoms with Crippen LogP contribution in [0.2, 0.25) is 5.02 Å². The van der Waals surface area contributed by atoms with Gasteiger partial charge in [-0.3, -0.25) is 4.79 Å². The molecule has 1 amide bonds. The summed E-state index contributed by atoms with van der Waals surface area (Å²) in [6.45, 7) is 2.52. The molecule has 0 saturated heterocycles. The van der Waals surface area contributed by atoms with Crippen molar-refractivity contribution in [3.8, 4) is 17.2 Å². The molecule has 0 radical (unpaired) electrons. The quantitative estimate of drug-likeness (QED) is 0.868. The van der Waals surface area contributed by atoms with Crippen molar-refractivity contribution in [3.63, 3.8) is 0 Å². The van der Waals surface area contributed by atoms with Gasteiger partial charge in [-0.2, -0.15) is 0 Å². The van der Waals surface area contributed by atoms with Crippen LogP contribution in [0.5, 0.6) is 17.2 Å². The third kappa shape index (κ3) is 3.92. The molecule has 1 aliphatic heterocycles. The van der Waals surface area contributed by atoms with Crippen LogP contribution in [0.1, 0.15) is 18.9 Å². The monoisotopic (exact) mass is 347 g/mol. The molecule has 0 fully saturated rings. The zero-order valence-corrected chi connectivity index (χ0v) is 14.0. The summed E-state index contributed by atoms with van der Waals surface area (Å²) in [5, 5.41) is 3.46. The van der Waals surface area contributed by atoms with Gasteiger partial charge in [-0.25, -0.2) is 0 Å². The molecular weight excluding hydrogens is 330 g/mol. The van der Waals surface area contributed by atoms with Gasteiger partial charge in [0.05, 0.1) is 0 Å². The second-order valence-electron chi connectivity index (χ2n) is 5.38. The van der Waals surface area contributed by atoms with E-state index in [1.54, 1.807) is 24.3 Å². The fourth-order valence-corrected chi connectivity index (χ4v) is 2.56. The van der Waals surface area contributed by atoms with Crippen LogP contribution in [0, 0.1) is 0 Å². The van der Waals surface area contributed by atoms with E-state index in [2.05, 4.69) is 5.32 Å². The Morgan fingerprint density at radius 1 is 1.25 bits per heavy atom. The number of carbonyl (C=O) groups is 1. The van der Waals surface area contributed by atoms with Crippen LogP contribution < -0.4 is 19.5 Å². The van der Waals surface area contributed by atoms with Crippen molar-refractivity contribution in [2.24, 2.45) is 0 Å². The Morgan fingerprint density at radius 2 is 2.08 bits per heavy atom. The first-order valence-corrected chi connectivity index (χ1v) is 8.12. The molecule has 0 saturated carbocycles. The summed E-state index contributed by atoms with van der Waals surface area (Å²) >= 11 is 5.94. The number of hydrogen-bond acceptors (Lipinski definition) is 4. The molecule has 1 aliphatic rings. The van der Waals surface area contributed by atoms with Crippen LogP contribution >= 0.6 is 11.6 Å². The van der Waals surface area contributed by atoms with Gasteiger partial charge < -0.3 is 19.5 Å². The topological polar surface area (TPSA) is 56.8 Å². The molecule has 2 aromatic carbocycles. The van der Waals surface area contributed by atoms with Crippen LogP contribution in [0.3, 0.4) is 0 Å². The molecule has 0 spiro atoms. The number of rotatable bonds is 6. The van der Waals surface area contributed by atoms with Crippen LogP contribution in [0.25, 0.3) is 0 Å². The van der Waals surface area contributed by atoms with Gasteiger partial charge in [-0.1, -0.05) is 30.7 Å². The summed E-state index contributed by atoms with van der Waals surface area (Å²) in [7, 11) is 0. The lowest BCUT2D eigenvalue weighted by Crippen LogP contribution is -2.37. The van der Waals surface area contributed by atoms with Gasteiger partial charge in [0.1, 0.15) is 5.75 Å². The molecule has 3 rings (SSSR count). The van der Waals surface area contributed by atoms with Crippen molar-refractivity contribution in [1.82, 2.24) is 5.32 Å². The third-order valence-corrected chi connectivity index (χ3v) is 3.88. The van der Waals surface area contributed by atoms with E-state index in [1.807, 2.05) is 25.1 Å². The van der Waals surface area contributed by atoms with Gasteiger partial charge in [0.15, 0.2) is 17.6 Å². The average Bonchev–Trinajstić information content (AvgIpc) is 3.05. The Balaban J connectivity index is 1.58. The molecule has 1 unspecified atom stereocenters. The fraction of sp³-hybridized carbons (Fsp3) is 0.278. The van der Waals surface area contributed by atoms with E-state index in [1.165, 1.54) is 0 Å². The smallest absolute Gasteiger partial charge is 0.261 e. The van der Waals surface area contributed by atoms with Crippen molar-refractivity contribution in [3.05, 3.63) is 53.1 Å². The molecular formula is C18H18ClNO4. The number of nitrogens with one attached hydrogen (secondary N) is 1. The summed E-state index contributed by atoms with van der Waals surface area (Å²) in [5.74, 6) is 1.83. The standard InChI is InChI=1S/C18H18ClNO4/c1-2-15(24-14-5-3-4-13(19)9-14)18(21)20-10-12-6-7-16-17(8-12)23-11-22-16/h3-9,15H,2,10-11H2,1H3,(H,20,21). The summed E-state index contributed by atoms with van der Waals surface area (Å²) in [6.07, 6.45) is -0.0167. The number of benzene rings is 2. The molecule has 24 heavy (non-hydrogen) atoms. The number of ether oxygens (including phenoxy) is 3. The molecule has 1 heterocycles. The Bertz CT molecular complexity index is 735. The predicted molar refractivity (Wildman–Crippen MR) is 90.6 cm³/mol. The molecule has 0 bridgehead atoms. The second kappa shape index (κ2) is 7.45. The van der Waals surface area contributed by atoms with Gasteiger partial charge in [0.2, 0.25) is 6.79 Å². The lowest BCUT2D eigenvalue weighted by atomic mass is 10.2. The molecule has 0 aliphatic carbocycles. The molecule has 2 aromatic rings. The highest BCUT2D eigenvalue weighted by Gasteiger charge is 2.19. The number of fused-ring (bicyclic) bond motifs is 1. The molecule has 0 aromatic heterocycles. The average molecular weight is 348 g/mol. The van der Waals surface area contributed by atoms with E-state index >= 15 is 0 Å². The highest BCUT2D eigenvalue weighted by molar-refractivity contribution is 6.30. The third-order valence-electron chi connectivity index (χ3n) is 3.64. The van der Waals surface area contributed by atoms with Crippen LogP contribution in [-0.4, -0.2) is 18.8 Å². The molecule has 1 N–H and O–H groups in total. The van der Waals surface area contributed by atoms with Gasteiger partial charge in [0, 0.05) is 11.6 Å². The zero-order chi connectivity index (χ0) is 16.9. The van der Waals surface area contributed by atoms with Gasteiger partial charge in [-0.05, 0) is 42.3 Å². The number of hydrogen-bond donors (Lipinski definition) is 1. The van der Waals surface area contributed by atoms with Crippen molar-refractivity contribution in [2.45, 2.75) is 26.0 Å². The first kappa shape index (κ1) is 16.5. The van der Waals surface area contributed by atoms with E-state index < -0.39 is 6.10 Å². The molecule has 5 nitrogen and oxygen atoms in total. The van der Waals surface area contributed by atoms with Crippen LogP contribution in [-0.2, 0) is 11.3 Å². The Hall–Kier alpha value is -2.40. The minimum Gasteiger partial charge on any atom is -0.481 e. The second-order valence-corrected chi connectivity index (χ2v) is 5.81. The molecule has 1 atom stereocenters. The van der Waals surface area contributed by atoms with E-state index in [9.17, 15) is 4.79 Å². The fourth-order valence-electron chi connectivity index (χ4n) is 2.38. The lowest BCUT2D eigenvalue weighted by Gasteiger charge is -2.17. The molecule has 6 heteroatoms. The normalized spacial score (nSPS) is 13.4. The Morgan fingerprint density at radius 3 is 2.88 bits per heavy atom. The lowest BCUT2D eigenvalue weighted by molar-refractivity contribution is -0.128. The maximum absolute atomic E-state index is 12.3. The Labute approximate surface area is 145 Å². The van der Waals surface area contributed by atoms with Crippen LogP contribution in [0.4, 0.5) is 0 Å². The number of halogens is 1. The number of carbonyl (C=O) groups excluding carboxylic acids is 1. The SMILES string of the molecule is CCC(Oc1cccc(Cl)c1)C(=O)NCc1ccc2c(c1)OCO2. The van der Waals surface area contributed by atoms with Gasteiger partial charge >= 0.3 is 0 Å². The maximum Gasteiger partial charge on any atom is 0.261 e. The van der Waals surface area contributed by atoms with E-state index in [0.717, 1.165) is 11.3 Å². The van der Waals surface area contributed by atoms with Crippen LogP contribution in [0.15, 0.2) is 42.5 Å². The zero-order valence-electron chi connectivity index (χ0n) is 13.3. The minimum absolute atomic E-state index is 0.171. The summed E-state index contributed by atoms with van der Waals surface area (Å²) in [5.41, 5.74) is 0.935. The summed E-state index contributed by atoms with van der Waals surface area (Å²) in [6, 6.07) is 12.6. The van der Waals surface area contributed by atoms with E-state index in [0.29, 0.717) is 29.5 Å². The summed E-state index contributed by atoms with van der Waals surface area (Å²) < 4.78 is 16.3. The van der Waals surface area contributed by atoms with Crippen molar-refractivity contribution >= 4 is 17.5 Å². The predicted octanol–water partition coefficient (Wildman–Crippen LogP) is 3.54. The van der Waals surface area contributed by atoms with Crippen molar-refractivity contribution in [1.29, 1.82) is 0 Å².